The maximum atomic E-state index is 6.11. The molecule has 0 aromatic rings. The van der Waals surface area contributed by atoms with Gasteiger partial charge in [-0.25, -0.2) is 0 Å². The van der Waals surface area contributed by atoms with Crippen molar-refractivity contribution in [1.82, 2.24) is 5.32 Å². The summed E-state index contributed by atoms with van der Waals surface area (Å²) in [5, 5.41) is 3.69. The van der Waals surface area contributed by atoms with Crippen molar-refractivity contribution >= 4 is 0 Å². The molecule has 0 atom stereocenters. The summed E-state index contributed by atoms with van der Waals surface area (Å²) in [4.78, 5) is 0. The molecule has 2 nitrogen and oxygen atoms in total. The van der Waals surface area contributed by atoms with Gasteiger partial charge in [0.2, 0.25) is 0 Å². The molecule has 78 valence electrons. The van der Waals surface area contributed by atoms with Gasteiger partial charge in [-0.15, -0.1) is 0 Å². The molecular weight excluding hydrogens is 174 g/mol. The van der Waals surface area contributed by atoms with Gasteiger partial charge in [-0.05, 0) is 43.9 Å². The fraction of sp³-hybridized carbons (Fsp3) is 1.00. The first-order valence-corrected chi connectivity index (χ1v) is 6.26. The van der Waals surface area contributed by atoms with Gasteiger partial charge in [0.05, 0.1) is 6.61 Å². The van der Waals surface area contributed by atoms with E-state index >= 15 is 0 Å². The number of hydrogen-bond donors (Lipinski definition) is 1. The Hall–Kier alpha value is -0.0800. The van der Waals surface area contributed by atoms with Gasteiger partial charge in [0, 0.05) is 18.4 Å². The quantitative estimate of drug-likeness (QED) is 0.633. The van der Waals surface area contributed by atoms with Crippen molar-refractivity contribution in [3.63, 3.8) is 0 Å². The van der Waals surface area contributed by atoms with E-state index in [-0.39, 0.29) is 5.72 Å². The smallest absolute Gasteiger partial charge is 0.125 e. The standard InChI is InChI=1S/C12H19NO/c1-2-14-12(13-1)10-4-8-3-9(6-10)7-11(12)5-8/h8-11,13H,1-7H2. The van der Waals surface area contributed by atoms with Crippen molar-refractivity contribution in [2.75, 3.05) is 13.2 Å². The summed E-state index contributed by atoms with van der Waals surface area (Å²) in [5.41, 5.74) is 0.146. The molecule has 14 heavy (non-hydrogen) atoms. The fourth-order valence-corrected chi connectivity index (χ4v) is 4.93. The number of hydrogen-bond acceptors (Lipinski definition) is 2. The molecule has 1 saturated heterocycles. The number of rotatable bonds is 0. The molecule has 0 unspecified atom stereocenters. The van der Waals surface area contributed by atoms with Crippen molar-refractivity contribution in [1.29, 1.82) is 0 Å². The minimum atomic E-state index is 0.146. The zero-order valence-electron chi connectivity index (χ0n) is 8.67. The van der Waals surface area contributed by atoms with Crippen LogP contribution < -0.4 is 5.32 Å². The Morgan fingerprint density at radius 1 is 0.929 bits per heavy atom. The topological polar surface area (TPSA) is 21.3 Å². The van der Waals surface area contributed by atoms with Gasteiger partial charge in [0.15, 0.2) is 0 Å². The Morgan fingerprint density at radius 3 is 2.07 bits per heavy atom. The first-order valence-electron chi connectivity index (χ1n) is 6.26. The molecule has 4 saturated carbocycles. The van der Waals surface area contributed by atoms with Crippen molar-refractivity contribution in [2.45, 2.75) is 37.8 Å². The molecule has 0 radical (unpaired) electrons. The van der Waals surface area contributed by atoms with Crippen molar-refractivity contribution in [3.8, 4) is 0 Å². The molecule has 5 aliphatic rings. The van der Waals surface area contributed by atoms with E-state index < -0.39 is 0 Å². The highest BCUT2D eigenvalue weighted by molar-refractivity contribution is 5.07. The average Bonchev–Trinajstić information content (AvgIpc) is 2.63. The van der Waals surface area contributed by atoms with Gasteiger partial charge in [0.25, 0.3) is 0 Å². The number of nitrogens with one attached hydrogen (secondary N) is 1. The third-order valence-corrected chi connectivity index (χ3v) is 5.20. The third kappa shape index (κ3) is 0.849. The molecule has 1 spiro atoms. The maximum absolute atomic E-state index is 6.11. The van der Waals surface area contributed by atoms with Crippen molar-refractivity contribution in [2.24, 2.45) is 23.7 Å². The molecule has 4 aliphatic carbocycles. The highest BCUT2D eigenvalue weighted by Gasteiger charge is 2.59. The average molecular weight is 193 g/mol. The van der Waals surface area contributed by atoms with Crippen LogP contribution in [0.3, 0.4) is 0 Å². The Labute approximate surface area is 85.4 Å². The van der Waals surface area contributed by atoms with Gasteiger partial charge in [-0.3, -0.25) is 5.32 Å². The third-order valence-electron chi connectivity index (χ3n) is 5.20. The first kappa shape index (κ1) is 8.12. The second kappa shape index (κ2) is 2.53. The molecule has 0 amide bonds. The van der Waals surface area contributed by atoms with Gasteiger partial charge in [0.1, 0.15) is 5.72 Å². The van der Waals surface area contributed by atoms with E-state index in [1.807, 2.05) is 0 Å². The van der Waals surface area contributed by atoms with Crippen LogP contribution in [0.1, 0.15) is 32.1 Å². The molecule has 2 heteroatoms. The van der Waals surface area contributed by atoms with Crippen LogP contribution in [0.15, 0.2) is 0 Å². The van der Waals surface area contributed by atoms with Crippen LogP contribution in [0.2, 0.25) is 0 Å². The molecule has 5 rings (SSSR count). The van der Waals surface area contributed by atoms with E-state index in [1.165, 1.54) is 32.1 Å². The zero-order chi connectivity index (χ0) is 9.17. The second-order valence-electron chi connectivity index (χ2n) is 5.87. The molecule has 4 bridgehead atoms. The van der Waals surface area contributed by atoms with Crippen LogP contribution in [0.4, 0.5) is 0 Å². The van der Waals surface area contributed by atoms with Gasteiger partial charge in [-0.2, -0.15) is 0 Å². The van der Waals surface area contributed by atoms with E-state index in [0.717, 1.165) is 36.8 Å². The lowest BCUT2D eigenvalue weighted by molar-refractivity contribution is -0.190. The van der Waals surface area contributed by atoms with Crippen LogP contribution in [0, 0.1) is 23.7 Å². The Morgan fingerprint density at radius 2 is 1.57 bits per heavy atom. The van der Waals surface area contributed by atoms with Gasteiger partial charge < -0.3 is 4.74 Å². The predicted octanol–water partition coefficient (Wildman–Crippen LogP) is 1.76. The summed E-state index contributed by atoms with van der Waals surface area (Å²) in [7, 11) is 0. The van der Waals surface area contributed by atoms with Crippen LogP contribution in [0.25, 0.3) is 0 Å². The molecule has 5 fully saturated rings. The van der Waals surface area contributed by atoms with Gasteiger partial charge in [-0.1, -0.05) is 0 Å². The second-order valence-corrected chi connectivity index (χ2v) is 5.87. The fourth-order valence-electron chi connectivity index (χ4n) is 4.93. The Bertz CT molecular complexity index is 227. The monoisotopic (exact) mass is 193 g/mol. The van der Waals surface area contributed by atoms with Crippen LogP contribution in [-0.2, 0) is 4.74 Å². The summed E-state index contributed by atoms with van der Waals surface area (Å²) < 4.78 is 6.11. The molecular formula is C12H19NO. The first-order chi connectivity index (χ1) is 6.87. The van der Waals surface area contributed by atoms with E-state index in [1.54, 1.807) is 0 Å². The summed E-state index contributed by atoms with van der Waals surface area (Å²) in [6.07, 6.45) is 7.31. The van der Waals surface area contributed by atoms with Crippen LogP contribution in [-0.4, -0.2) is 18.9 Å². The summed E-state index contributed by atoms with van der Waals surface area (Å²) in [6.45, 7) is 2.03. The van der Waals surface area contributed by atoms with E-state index in [9.17, 15) is 0 Å². The minimum absolute atomic E-state index is 0.146. The van der Waals surface area contributed by atoms with Crippen molar-refractivity contribution < 1.29 is 4.74 Å². The highest BCUT2D eigenvalue weighted by atomic mass is 16.5. The van der Waals surface area contributed by atoms with Crippen LogP contribution >= 0.6 is 0 Å². The lowest BCUT2D eigenvalue weighted by Crippen LogP contribution is -2.63. The highest BCUT2D eigenvalue weighted by Crippen LogP contribution is 2.59. The summed E-state index contributed by atoms with van der Waals surface area (Å²) in [6, 6.07) is 0. The number of ether oxygens (including phenoxy) is 1. The summed E-state index contributed by atoms with van der Waals surface area (Å²) in [5.74, 6) is 3.80. The minimum Gasteiger partial charge on any atom is -0.359 e. The normalized spacial score (nSPS) is 60.0. The lowest BCUT2D eigenvalue weighted by Gasteiger charge is -2.59. The lowest BCUT2D eigenvalue weighted by atomic mass is 9.52. The molecule has 0 aromatic carbocycles. The maximum Gasteiger partial charge on any atom is 0.125 e. The molecule has 1 N–H and O–H groups in total. The predicted molar refractivity (Wildman–Crippen MR) is 53.7 cm³/mol. The van der Waals surface area contributed by atoms with Crippen molar-refractivity contribution in [3.05, 3.63) is 0 Å². The van der Waals surface area contributed by atoms with E-state index in [2.05, 4.69) is 5.32 Å². The van der Waals surface area contributed by atoms with E-state index in [4.69, 9.17) is 4.74 Å². The van der Waals surface area contributed by atoms with Crippen LogP contribution in [0.5, 0.6) is 0 Å². The Balaban J connectivity index is 1.73. The molecule has 0 aromatic heterocycles. The largest absolute Gasteiger partial charge is 0.359 e. The summed E-state index contributed by atoms with van der Waals surface area (Å²) >= 11 is 0. The SMILES string of the molecule is C1COC2(N1)C1CC3CC(C1)CC2C3. The molecule has 1 aliphatic heterocycles. The van der Waals surface area contributed by atoms with Gasteiger partial charge >= 0.3 is 0 Å². The Kier molecular flexibility index (Phi) is 1.47. The molecule has 1 heterocycles. The zero-order valence-corrected chi connectivity index (χ0v) is 8.67. The van der Waals surface area contributed by atoms with E-state index in [0.29, 0.717) is 0 Å².